The highest BCUT2D eigenvalue weighted by atomic mass is 79.9. The summed E-state index contributed by atoms with van der Waals surface area (Å²) in [6, 6.07) is 14.6. The van der Waals surface area contributed by atoms with Crippen molar-refractivity contribution in [3.8, 4) is 11.4 Å². The van der Waals surface area contributed by atoms with Crippen LogP contribution in [0.5, 0.6) is 0 Å². The van der Waals surface area contributed by atoms with Gasteiger partial charge in [0.2, 0.25) is 5.16 Å². The van der Waals surface area contributed by atoms with Crippen LogP contribution >= 0.6 is 27.7 Å². The summed E-state index contributed by atoms with van der Waals surface area (Å²) in [4.78, 5) is 0. The molecule has 0 unspecified atom stereocenters. The van der Waals surface area contributed by atoms with Gasteiger partial charge in [-0.25, -0.2) is 0 Å². The smallest absolute Gasteiger partial charge is 0.187 e. The number of aryl methyl sites for hydroxylation is 2. The number of hydrogen-bond donors (Lipinski definition) is 0. The summed E-state index contributed by atoms with van der Waals surface area (Å²) in [5.74, 6) is 1.59. The summed E-state index contributed by atoms with van der Waals surface area (Å²) in [5.41, 5.74) is 5.63. The average Bonchev–Trinajstić information content (AvgIpc) is 2.98. The van der Waals surface area contributed by atoms with Gasteiger partial charge in [-0.15, -0.1) is 10.2 Å². The highest BCUT2D eigenvalue weighted by Gasteiger charge is 2.21. The number of thioether (sulfide) groups is 1. The minimum absolute atomic E-state index is 0.784. The fraction of sp³-hybridized carbons (Fsp3) is 0.167. The van der Waals surface area contributed by atoms with E-state index < -0.39 is 0 Å². The molecule has 0 fully saturated rings. The molecule has 0 aliphatic carbocycles. The van der Waals surface area contributed by atoms with E-state index in [2.05, 4.69) is 76.4 Å². The van der Waals surface area contributed by atoms with Gasteiger partial charge in [0.15, 0.2) is 5.82 Å². The van der Waals surface area contributed by atoms with Crippen LogP contribution in [-0.4, -0.2) is 26.3 Å². The molecule has 0 N–H and O–H groups in total. The lowest BCUT2D eigenvalue weighted by molar-refractivity contribution is 0.762. The molecule has 0 bridgehead atoms. The van der Waals surface area contributed by atoms with Crippen LogP contribution in [0.15, 0.2) is 57.2 Å². The van der Waals surface area contributed by atoms with E-state index in [1.54, 1.807) is 11.8 Å². The lowest BCUT2D eigenvalue weighted by Crippen LogP contribution is -2.13. The number of fused-ring (bicyclic) bond motifs is 1. The Morgan fingerprint density at radius 3 is 2.58 bits per heavy atom. The van der Waals surface area contributed by atoms with Crippen molar-refractivity contribution in [2.24, 2.45) is 5.10 Å². The van der Waals surface area contributed by atoms with Crippen molar-refractivity contribution in [3.63, 3.8) is 0 Å². The minimum Gasteiger partial charge on any atom is -0.187 e. The predicted molar refractivity (Wildman–Crippen MR) is 102 cm³/mol. The molecule has 120 valence electrons. The molecule has 24 heavy (non-hydrogen) atoms. The third kappa shape index (κ3) is 2.80. The molecule has 3 aromatic rings. The Morgan fingerprint density at radius 2 is 1.83 bits per heavy atom. The number of aromatic nitrogens is 3. The van der Waals surface area contributed by atoms with Gasteiger partial charge in [-0.05, 0) is 43.2 Å². The van der Waals surface area contributed by atoms with Crippen LogP contribution in [0.25, 0.3) is 11.4 Å². The molecule has 0 saturated heterocycles. The Morgan fingerprint density at radius 1 is 1.04 bits per heavy atom. The quantitative estimate of drug-likeness (QED) is 0.628. The van der Waals surface area contributed by atoms with Crippen molar-refractivity contribution in [1.29, 1.82) is 0 Å². The molecule has 0 radical (unpaired) electrons. The van der Waals surface area contributed by atoms with Gasteiger partial charge in [0.1, 0.15) is 0 Å². The second-order valence-electron chi connectivity index (χ2n) is 5.78. The first-order chi connectivity index (χ1) is 11.6. The summed E-state index contributed by atoms with van der Waals surface area (Å²) in [7, 11) is 0. The highest BCUT2D eigenvalue weighted by molar-refractivity contribution is 9.10. The first-order valence-corrected chi connectivity index (χ1v) is 9.39. The van der Waals surface area contributed by atoms with Crippen LogP contribution in [0.3, 0.4) is 0 Å². The van der Waals surface area contributed by atoms with Crippen LogP contribution in [0.2, 0.25) is 0 Å². The summed E-state index contributed by atoms with van der Waals surface area (Å²) in [5, 5.41) is 14.3. The number of benzene rings is 2. The van der Waals surface area contributed by atoms with E-state index in [0.717, 1.165) is 43.6 Å². The van der Waals surface area contributed by atoms with Crippen LogP contribution in [0.4, 0.5) is 0 Å². The minimum atomic E-state index is 0.784. The largest absolute Gasteiger partial charge is 0.212 e. The molecule has 2 aromatic carbocycles. The molecule has 1 aliphatic heterocycles. The molecule has 0 saturated carbocycles. The van der Waals surface area contributed by atoms with Crippen LogP contribution in [0.1, 0.15) is 16.7 Å². The van der Waals surface area contributed by atoms with Crippen molar-refractivity contribution in [1.82, 2.24) is 14.9 Å². The Kier molecular flexibility index (Phi) is 4.02. The predicted octanol–water partition coefficient (Wildman–Crippen LogP) is 4.68. The van der Waals surface area contributed by atoms with Gasteiger partial charge in [-0.1, -0.05) is 57.5 Å². The number of hydrogen-bond acceptors (Lipinski definition) is 4. The van der Waals surface area contributed by atoms with E-state index in [0.29, 0.717) is 0 Å². The summed E-state index contributed by atoms with van der Waals surface area (Å²) >= 11 is 5.18. The van der Waals surface area contributed by atoms with E-state index in [9.17, 15) is 0 Å². The Hall–Kier alpha value is -1.92. The summed E-state index contributed by atoms with van der Waals surface area (Å²) in [6.45, 7) is 4.16. The molecule has 0 atom stereocenters. The molecule has 2 heterocycles. The monoisotopic (exact) mass is 398 g/mol. The Bertz CT molecular complexity index is 944. The lowest BCUT2D eigenvalue weighted by Gasteiger charge is -2.14. The molecule has 4 rings (SSSR count). The number of halogens is 1. The summed E-state index contributed by atoms with van der Waals surface area (Å²) in [6.07, 6.45) is 0. The van der Waals surface area contributed by atoms with Gasteiger partial charge in [0.25, 0.3) is 0 Å². The van der Waals surface area contributed by atoms with Gasteiger partial charge >= 0.3 is 0 Å². The van der Waals surface area contributed by atoms with E-state index in [-0.39, 0.29) is 0 Å². The van der Waals surface area contributed by atoms with Crippen molar-refractivity contribution < 1.29 is 0 Å². The molecule has 0 spiro atoms. The van der Waals surface area contributed by atoms with Crippen molar-refractivity contribution in [3.05, 3.63) is 63.6 Å². The molecular formula is C18H15BrN4S. The molecular weight excluding hydrogens is 384 g/mol. The maximum absolute atomic E-state index is 4.82. The highest BCUT2D eigenvalue weighted by Crippen LogP contribution is 2.31. The van der Waals surface area contributed by atoms with Gasteiger partial charge < -0.3 is 0 Å². The Labute approximate surface area is 153 Å². The second kappa shape index (κ2) is 6.18. The topological polar surface area (TPSA) is 43.1 Å². The van der Waals surface area contributed by atoms with Gasteiger partial charge in [-0.2, -0.15) is 9.78 Å². The zero-order valence-corrected chi connectivity index (χ0v) is 15.7. The molecule has 4 nitrogen and oxygen atoms in total. The van der Waals surface area contributed by atoms with E-state index in [1.165, 1.54) is 5.56 Å². The van der Waals surface area contributed by atoms with Crippen LogP contribution in [0, 0.1) is 13.8 Å². The number of rotatable bonds is 2. The first kappa shape index (κ1) is 15.6. The fourth-order valence-corrected chi connectivity index (χ4v) is 3.97. The zero-order chi connectivity index (χ0) is 16.7. The third-order valence-electron chi connectivity index (χ3n) is 3.98. The summed E-state index contributed by atoms with van der Waals surface area (Å²) < 4.78 is 2.92. The normalized spacial score (nSPS) is 13.5. The van der Waals surface area contributed by atoms with Crippen LogP contribution in [-0.2, 0) is 0 Å². The first-order valence-electron chi connectivity index (χ1n) is 7.61. The van der Waals surface area contributed by atoms with Crippen LogP contribution < -0.4 is 0 Å². The SMILES string of the molecule is Cc1ccc(C2=Nn3c(nnc3-c3ccc(Br)cc3C)SC2)cc1. The molecule has 6 heteroatoms. The van der Waals surface area contributed by atoms with Crippen molar-refractivity contribution in [2.45, 2.75) is 19.0 Å². The van der Waals surface area contributed by atoms with E-state index in [4.69, 9.17) is 5.10 Å². The number of nitrogens with zero attached hydrogens (tertiary/aromatic N) is 4. The molecule has 0 amide bonds. The zero-order valence-electron chi connectivity index (χ0n) is 13.3. The van der Waals surface area contributed by atoms with Crippen molar-refractivity contribution >= 4 is 33.4 Å². The van der Waals surface area contributed by atoms with Crippen molar-refractivity contribution in [2.75, 3.05) is 5.75 Å². The molecule has 1 aromatic heterocycles. The fourth-order valence-electron chi connectivity index (χ4n) is 2.66. The maximum atomic E-state index is 4.82. The second-order valence-corrected chi connectivity index (χ2v) is 7.64. The standard InChI is InChI=1S/C18H15BrN4S/c1-11-3-5-13(6-4-11)16-10-24-18-21-20-17(23(18)22-16)15-8-7-14(19)9-12(15)2/h3-9H,10H2,1-2H3. The van der Waals surface area contributed by atoms with Gasteiger partial charge in [-0.3, -0.25) is 0 Å². The Balaban J connectivity index is 1.80. The van der Waals surface area contributed by atoms with E-state index >= 15 is 0 Å². The van der Waals surface area contributed by atoms with Gasteiger partial charge in [0.05, 0.1) is 5.71 Å². The average molecular weight is 399 g/mol. The van der Waals surface area contributed by atoms with E-state index in [1.807, 2.05) is 10.7 Å². The lowest BCUT2D eigenvalue weighted by atomic mass is 10.1. The molecule has 1 aliphatic rings. The van der Waals surface area contributed by atoms with Gasteiger partial charge in [0, 0.05) is 15.8 Å². The maximum Gasteiger partial charge on any atom is 0.212 e. The third-order valence-corrected chi connectivity index (χ3v) is 5.41.